The molecule has 0 aliphatic heterocycles. The monoisotopic (exact) mass is 260 g/mol. The summed E-state index contributed by atoms with van der Waals surface area (Å²) in [6.07, 6.45) is 0. The topological polar surface area (TPSA) is 62.2 Å². The molecule has 1 aromatic heterocycles. The number of rotatable bonds is 3. The van der Waals surface area contributed by atoms with Crippen LogP contribution in [-0.2, 0) is 0 Å². The molecule has 1 heterocycles. The molecule has 0 saturated carbocycles. The molecule has 4 nitrogen and oxygen atoms in total. The normalized spacial score (nSPS) is 10.3. The molecule has 0 unspecified atom stereocenters. The number of carboxylic acid groups (broad SMARTS) is 1. The third-order valence-corrected chi connectivity index (χ3v) is 2.75. The van der Waals surface area contributed by atoms with E-state index in [1.807, 2.05) is 0 Å². The minimum atomic E-state index is -1.01. The van der Waals surface area contributed by atoms with Gasteiger partial charge in [0.15, 0.2) is 0 Å². The lowest BCUT2D eigenvalue weighted by atomic mass is 10.2. The van der Waals surface area contributed by atoms with Crippen molar-refractivity contribution in [1.82, 2.24) is 4.98 Å². The second kappa shape index (κ2) is 5.06. The highest BCUT2D eigenvalue weighted by Crippen LogP contribution is 2.19. The van der Waals surface area contributed by atoms with E-state index in [0.717, 1.165) is 0 Å². The molecule has 0 fully saturated rings. The van der Waals surface area contributed by atoms with Crippen LogP contribution in [0.25, 0.3) is 0 Å². The molecular formula is C14H13FN2O2. The molecule has 0 aliphatic carbocycles. The molecule has 98 valence electrons. The van der Waals surface area contributed by atoms with Gasteiger partial charge in [-0.15, -0.1) is 0 Å². The van der Waals surface area contributed by atoms with Crippen LogP contribution < -0.4 is 5.32 Å². The molecule has 2 N–H and O–H groups in total. The first-order chi connectivity index (χ1) is 8.97. The highest BCUT2D eigenvalue weighted by atomic mass is 19.1. The maximum Gasteiger partial charge on any atom is 0.337 e. The van der Waals surface area contributed by atoms with Crippen LogP contribution in [0.5, 0.6) is 0 Å². The van der Waals surface area contributed by atoms with Crippen molar-refractivity contribution < 1.29 is 14.3 Å². The molecule has 19 heavy (non-hydrogen) atoms. The molecule has 0 radical (unpaired) electrons. The summed E-state index contributed by atoms with van der Waals surface area (Å²) in [7, 11) is 0. The molecule has 2 rings (SSSR count). The smallest absolute Gasteiger partial charge is 0.337 e. The van der Waals surface area contributed by atoms with E-state index in [0.29, 0.717) is 22.8 Å². The number of halogens is 1. The van der Waals surface area contributed by atoms with Crippen LogP contribution in [0.15, 0.2) is 30.3 Å². The summed E-state index contributed by atoms with van der Waals surface area (Å²) >= 11 is 0. The van der Waals surface area contributed by atoms with Gasteiger partial charge in [0, 0.05) is 5.69 Å². The standard InChI is InChI=1S/C14H13FN2O2/c1-8-7-10(3-5-12(8)15)17-13-6-4-11(14(18)19)9(2)16-13/h3-7H,1-2H3,(H,16,17)(H,18,19). The molecule has 0 saturated heterocycles. The molecule has 5 heteroatoms. The van der Waals surface area contributed by atoms with Crippen molar-refractivity contribution >= 4 is 17.5 Å². The van der Waals surface area contributed by atoms with Gasteiger partial charge in [-0.2, -0.15) is 0 Å². The number of carboxylic acids is 1. The average Bonchev–Trinajstić information content (AvgIpc) is 2.33. The summed E-state index contributed by atoms with van der Waals surface area (Å²) < 4.78 is 13.1. The summed E-state index contributed by atoms with van der Waals surface area (Å²) in [5.74, 6) is -0.751. The number of nitrogens with zero attached hydrogens (tertiary/aromatic N) is 1. The van der Waals surface area contributed by atoms with E-state index >= 15 is 0 Å². The number of nitrogens with one attached hydrogen (secondary N) is 1. The molecule has 1 aromatic carbocycles. The first kappa shape index (κ1) is 13.0. The van der Waals surface area contributed by atoms with Crippen LogP contribution >= 0.6 is 0 Å². The number of pyridine rings is 1. The Morgan fingerprint density at radius 2 is 2.00 bits per heavy atom. The van der Waals surface area contributed by atoms with E-state index in [1.165, 1.54) is 12.1 Å². The number of aryl methyl sites for hydroxylation is 2. The van der Waals surface area contributed by atoms with Gasteiger partial charge in [0.2, 0.25) is 0 Å². The van der Waals surface area contributed by atoms with Gasteiger partial charge in [-0.25, -0.2) is 14.2 Å². The number of aromatic carboxylic acids is 1. The molecule has 2 aromatic rings. The largest absolute Gasteiger partial charge is 0.478 e. The van der Waals surface area contributed by atoms with E-state index in [9.17, 15) is 9.18 Å². The van der Waals surface area contributed by atoms with E-state index < -0.39 is 5.97 Å². The average molecular weight is 260 g/mol. The molecule has 0 atom stereocenters. The van der Waals surface area contributed by atoms with Crippen LogP contribution in [-0.4, -0.2) is 16.1 Å². The highest BCUT2D eigenvalue weighted by molar-refractivity contribution is 5.89. The van der Waals surface area contributed by atoms with Crippen molar-refractivity contribution in [1.29, 1.82) is 0 Å². The molecule has 0 aliphatic rings. The molecular weight excluding hydrogens is 247 g/mol. The predicted molar refractivity (Wildman–Crippen MR) is 70.4 cm³/mol. The van der Waals surface area contributed by atoms with E-state index in [4.69, 9.17) is 5.11 Å². The lowest BCUT2D eigenvalue weighted by Crippen LogP contribution is -2.03. The SMILES string of the molecule is Cc1cc(Nc2ccc(C(=O)O)c(C)n2)ccc1F. The number of aromatic nitrogens is 1. The minimum absolute atomic E-state index is 0.167. The first-order valence-corrected chi connectivity index (χ1v) is 5.71. The van der Waals surface area contributed by atoms with Gasteiger partial charge < -0.3 is 10.4 Å². The Morgan fingerprint density at radius 3 is 2.58 bits per heavy atom. The summed E-state index contributed by atoms with van der Waals surface area (Å²) in [6, 6.07) is 7.70. The van der Waals surface area contributed by atoms with Gasteiger partial charge in [0.25, 0.3) is 0 Å². The Bertz CT molecular complexity index is 641. The summed E-state index contributed by atoms with van der Waals surface area (Å²) in [4.78, 5) is 15.0. The molecule has 0 amide bonds. The fourth-order valence-corrected chi connectivity index (χ4v) is 1.73. The highest BCUT2D eigenvalue weighted by Gasteiger charge is 2.08. The lowest BCUT2D eigenvalue weighted by molar-refractivity contribution is 0.0695. The van der Waals surface area contributed by atoms with Crippen LogP contribution in [0.2, 0.25) is 0 Å². The maximum absolute atomic E-state index is 13.1. The van der Waals surface area contributed by atoms with Crippen molar-refractivity contribution in [2.45, 2.75) is 13.8 Å². The Morgan fingerprint density at radius 1 is 1.26 bits per heavy atom. The van der Waals surface area contributed by atoms with Crippen LogP contribution in [0.3, 0.4) is 0 Å². The Kier molecular flexibility index (Phi) is 3.46. The Balaban J connectivity index is 2.26. The van der Waals surface area contributed by atoms with Gasteiger partial charge in [0.1, 0.15) is 11.6 Å². The number of anilines is 2. The quantitative estimate of drug-likeness (QED) is 0.889. The van der Waals surface area contributed by atoms with Crippen molar-refractivity contribution in [3.05, 3.63) is 53.0 Å². The fraction of sp³-hybridized carbons (Fsp3) is 0.143. The van der Waals surface area contributed by atoms with Gasteiger partial charge in [-0.1, -0.05) is 0 Å². The molecule has 0 bridgehead atoms. The van der Waals surface area contributed by atoms with E-state index in [-0.39, 0.29) is 11.4 Å². The van der Waals surface area contributed by atoms with Crippen LogP contribution in [0.1, 0.15) is 21.6 Å². The fourth-order valence-electron chi connectivity index (χ4n) is 1.73. The predicted octanol–water partition coefficient (Wildman–Crippen LogP) is 3.28. The first-order valence-electron chi connectivity index (χ1n) is 5.71. The number of hydrogen-bond donors (Lipinski definition) is 2. The van der Waals surface area contributed by atoms with Crippen molar-refractivity contribution in [3.63, 3.8) is 0 Å². The lowest BCUT2D eigenvalue weighted by Gasteiger charge is -2.08. The van der Waals surface area contributed by atoms with Gasteiger partial charge in [-0.3, -0.25) is 0 Å². The van der Waals surface area contributed by atoms with Crippen LogP contribution in [0.4, 0.5) is 15.9 Å². The van der Waals surface area contributed by atoms with Crippen molar-refractivity contribution in [2.24, 2.45) is 0 Å². The number of benzene rings is 1. The zero-order valence-electron chi connectivity index (χ0n) is 10.6. The third kappa shape index (κ3) is 2.88. The zero-order valence-corrected chi connectivity index (χ0v) is 10.6. The number of carbonyl (C=O) groups is 1. The summed E-state index contributed by atoms with van der Waals surface area (Å²) in [5.41, 5.74) is 1.83. The van der Waals surface area contributed by atoms with Gasteiger partial charge in [0.05, 0.1) is 11.3 Å². The Hall–Kier alpha value is -2.43. The summed E-state index contributed by atoms with van der Waals surface area (Å²) in [6.45, 7) is 3.30. The third-order valence-electron chi connectivity index (χ3n) is 2.75. The second-order valence-corrected chi connectivity index (χ2v) is 4.22. The molecule has 0 spiro atoms. The van der Waals surface area contributed by atoms with Crippen molar-refractivity contribution in [3.8, 4) is 0 Å². The van der Waals surface area contributed by atoms with Gasteiger partial charge in [-0.05, 0) is 49.7 Å². The van der Waals surface area contributed by atoms with Crippen molar-refractivity contribution in [2.75, 3.05) is 5.32 Å². The maximum atomic E-state index is 13.1. The Labute approximate surface area is 109 Å². The van der Waals surface area contributed by atoms with E-state index in [1.54, 1.807) is 32.0 Å². The minimum Gasteiger partial charge on any atom is -0.478 e. The van der Waals surface area contributed by atoms with Gasteiger partial charge >= 0.3 is 5.97 Å². The zero-order chi connectivity index (χ0) is 14.0. The van der Waals surface area contributed by atoms with E-state index in [2.05, 4.69) is 10.3 Å². The number of hydrogen-bond acceptors (Lipinski definition) is 3. The summed E-state index contributed by atoms with van der Waals surface area (Å²) in [5, 5.41) is 11.9. The second-order valence-electron chi connectivity index (χ2n) is 4.22. The van der Waals surface area contributed by atoms with Crippen LogP contribution in [0, 0.1) is 19.7 Å².